The molecule has 1 aromatic heterocycles. The molecule has 200 valence electrons. The predicted molar refractivity (Wildman–Crippen MR) is 145 cm³/mol. The van der Waals surface area contributed by atoms with Crippen molar-refractivity contribution >= 4 is 17.5 Å². The van der Waals surface area contributed by atoms with Crippen LogP contribution in [0.5, 0.6) is 5.75 Å². The number of likely N-dealkylation sites (tertiary alicyclic amines) is 1. The van der Waals surface area contributed by atoms with E-state index in [-0.39, 0.29) is 24.7 Å². The van der Waals surface area contributed by atoms with Crippen LogP contribution in [-0.2, 0) is 22.7 Å². The number of benzene rings is 2. The summed E-state index contributed by atoms with van der Waals surface area (Å²) in [6.45, 7) is 3.15. The lowest BCUT2D eigenvalue weighted by molar-refractivity contribution is -0.139. The molecule has 3 N–H and O–H groups in total. The molecular formula is C29H35N5O4. The number of hydrogen-bond donors (Lipinski definition) is 3. The number of aliphatic hydroxyl groups excluding tert-OH is 1. The quantitative estimate of drug-likeness (QED) is 0.337. The smallest absolute Gasteiger partial charge is 0.243 e. The summed E-state index contributed by atoms with van der Waals surface area (Å²) in [5.74, 6) is 0.393. The van der Waals surface area contributed by atoms with E-state index in [1.165, 1.54) is 0 Å². The van der Waals surface area contributed by atoms with E-state index in [0.29, 0.717) is 31.8 Å². The van der Waals surface area contributed by atoms with Gasteiger partial charge in [-0.05, 0) is 48.6 Å². The van der Waals surface area contributed by atoms with Gasteiger partial charge in [0.1, 0.15) is 11.8 Å². The number of carbonyl (C=O) groups is 2. The molecule has 1 aliphatic heterocycles. The molecule has 2 aromatic carbocycles. The second-order valence-electron chi connectivity index (χ2n) is 9.76. The van der Waals surface area contributed by atoms with E-state index >= 15 is 0 Å². The summed E-state index contributed by atoms with van der Waals surface area (Å²) in [6, 6.07) is 15.4. The molecule has 1 aliphatic rings. The molecular weight excluding hydrogens is 482 g/mol. The molecule has 0 aliphatic carbocycles. The number of rotatable bonds is 11. The van der Waals surface area contributed by atoms with Gasteiger partial charge in [0.05, 0.1) is 37.9 Å². The third-order valence-corrected chi connectivity index (χ3v) is 6.77. The van der Waals surface area contributed by atoms with Gasteiger partial charge in [-0.3, -0.25) is 9.59 Å². The second-order valence-corrected chi connectivity index (χ2v) is 9.76. The summed E-state index contributed by atoms with van der Waals surface area (Å²) >= 11 is 0. The van der Waals surface area contributed by atoms with E-state index in [1.807, 2.05) is 61.1 Å². The van der Waals surface area contributed by atoms with Crippen molar-refractivity contribution in [1.82, 2.24) is 19.8 Å². The molecule has 9 nitrogen and oxygen atoms in total. The highest BCUT2D eigenvalue weighted by molar-refractivity contribution is 5.88. The number of carbonyl (C=O) groups excluding carboxylic acids is 2. The summed E-state index contributed by atoms with van der Waals surface area (Å²) in [6.07, 6.45) is 4.21. The van der Waals surface area contributed by atoms with Crippen LogP contribution in [-0.4, -0.2) is 62.9 Å². The Morgan fingerprint density at radius 3 is 2.53 bits per heavy atom. The van der Waals surface area contributed by atoms with Crippen LogP contribution in [0.4, 0.5) is 0 Å². The fourth-order valence-electron chi connectivity index (χ4n) is 4.80. The number of nitrogens with zero attached hydrogens (tertiary/aromatic N) is 3. The molecule has 9 heteroatoms. The molecule has 0 bridgehead atoms. The number of methoxy groups -OCH3 is 1. The van der Waals surface area contributed by atoms with E-state index in [0.717, 1.165) is 34.6 Å². The summed E-state index contributed by atoms with van der Waals surface area (Å²) in [7, 11) is 1.65. The molecule has 0 radical (unpaired) electrons. The van der Waals surface area contributed by atoms with Crippen LogP contribution in [0.3, 0.4) is 0 Å². The molecule has 3 aromatic rings. The van der Waals surface area contributed by atoms with Crippen LogP contribution >= 0.6 is 0 Å². The zero-order chi connectivity index (χ0) is 27.1. The zero-order valence-electron chi connectivity index (χ0n) is 21.9. The van der Waals surface area contributed by atoms with Crippen LogP contribution in [0.2, 0.25) is 0 Å². The van der Waals surface area contributed by atoms with Crippen molar-refractivity contribution in [2.75, 3.05) is 13.7 Å². The van der Waals surface area contributed by atoms with Crippen molar-refractivity contribution in [2.45, 2.75) is 57.8 Å². The number of hydrogen-bond acceptors (Lipinski definition) is 6. The maximum atomic E-state index is 12.9. The van der Waals surface area contributed by atoms with E-state index in [4.69, 9.17) is 10.1 Å². The van der Waals surface area contributed by atoms with Gasteiger partial charge in [-0.15, -0.1) is 0 Å². The van der Waals surface area contributed by atoms with Crippen LogP contribution in [0.15, 0.2) is 61.1 Å². The lowest BCUT2D eigenvalue weighted by Crippen LogP contribution is -2.46. The SMILES string of the molecule is COc1ccc(Cn2cncc2-c2ccc(CNC(=O)C3CCCN3C(=O)CC(O)CC(C)=N)cc2)cc1. The first-order valence-electron chi connectivity index (χ1n) is 12.9. The average Bonchev–Trinajstić information content (AvgIpc) is 3.58. The van der Waals surface area contributed by atoms with Crippen molar-refractivity contribution in [2.24, 2.45) is 0 Å². The normalized spacial score (nSPS) is 15.8. The average molecular weight is 518 g/mol. The first-order chi connectivity index (χ1) is 18.3. The molecule has 0 saturated carbocycles. The standard InChI is InChI=1S/C29H35N5O4/c1-20(30)14-24(35)15-28(36)34-13-3-4-26(34)29(37)32-16-21-5-9-23(10-6-21)27-17-31-19-33(27)18-22-7-11-25(38-2)12-8-22/h5-12,17,19,24,26,30,35H,3-4,13-16,18H2,1-2H3,(H,32,37). The zero-order valence-corrected chi connectivity index (χ0v) is 21.9. The third kappa shape index (κ3) is 6.86. The molecule has 38 heavy (non-hydrogen) atoms. The molecule has 2 amide bonds. The molecule has 2 heterocycles. The number of imidazole rings is 1. The van der Waals surface area contributed by atoms with Gasteiger partial charge in [0.25, 0.3) is 0 Å². The van der Waals surface area contributed by atoms with Crippen molar-refractivity contribution in [1.29, 1.82) is 5.41 Å². The van der Waals surface area contributed by atoms with Gasteiger partial charge in [0.2, 0.25) is 11.8 Å². The molecule has 1 fully saturated rings. The number of ether oxygens (including phenoxy) is 1. The first kappa shape index (κ1) is 27.1. The Kier molecular flexibility index (Phi) is 8.91. The van der Waals surface area contributed by atoms with E-state index < -0.39 is 12.1 Å². The highest BCUT2D eigenvalue weighted by Gasteiger charge is 2.34. The molecule has 2 unspecified atom stereocenters. The summed E-state index contributed by atoms with van der Waals surface area (Å²) in [4.78, 5) is 31.4. The lowest BCUT2D eigenvalue weighted by Gasteiger charge is -2.25. The fourth-order valence-corrected chi connectivity index (χ4v) is 4.80. The first-order valence-corrected chi connectivity index (χ1v) is 12.9. The Morgan fingerprint density at radius 1 is 1.13 bits per heavy atom. The van der Waals surface area contributed by atoms with E-state index in [9.17, 15) is 14.7 Å². The van der Waals surface area contributed by atoms with E-state index in [1.54, 1.807) is 18.9 Å². The largest absolute Gasteiger partial charge is 0.497 e. The van der Waals surface area contributed by atoms with Crippen LogP contribution in [0.1, 0.15) is 43.7 Å². The van der Waals surface area contributed by atoms with Gasteiger partial charge in [-0.25, -0.2) is 4.98 Å². The minimum atomic E-state index is -0.893. The summed E-state index contributed by atoms with van der Waals surface area (Å²) in [5, 5.41) is 20.5. The topological polar surface area (TPSA) is 121 Å². The van der Waals surface area contributed by atoms with Crippen molar-refractivity contribution < 1.29 is 19.4 Å². The molecule has 2 atom stereocenters. The Balaban J connectivity index is 1.32. The maximum Gasteiger partial charge on any atom is 0.243 e. The summed E-state index contributed by atoms with van der Waals surface area (Å²) in [5.41, 5.74) is 4.45. The minimum absolute atomic E-state index is 0.0729. The minimum Gasteiger partial charge on any atom is -0.497 e. The van der Waals surface area contributed by atoms with Gasteiger partial charge in [0.15, 0.2) is 0 Å². The second kappa shape index (κ2) is 12.5. The highest BCUT2D eigenvalue weighted by Crippen LogP contribution is 2.23. The predicted octanol–water partition coefficient (Wildman–Crippen LogP) is 3.39. The van der Waals surface area contributed by atoms with E-state index in [2.05, 4.69) is 14.9 Å². The fraction of sp³-hybridized carbons (Fsp3) is 0.379. The van der Waals surface area contributed by atoms with Gasteiger partial charge >= 0.3 is 0 Å². The lowest BCUT2D eigenvalue weighted by atomic mass is 10.1. The number of aliphatic hydroxyl groups is 1. The van der Waals surface area contributed by atoms with Gasteiger partial charge in [-0.2, -0.15) is 0 Å². The van der Waals surface area contributed by atoms with Gasteiger partial charge < -0.3 is 30.0 Å². The Morgan fingerprint density at radius 2 is 1.84 bits per heavy atom. The number of amides is 2. The van der Waals surface area contributed by atoms with Gasteiger partial charge in [0, 0.05) is 31.8 Å². The Bertz CT molecular complexity index is 1250. The monoisotopic (exact) mass is 517 g/mol. The van der Waals surface area contributed by atoms with Crippen molar-refractivity contribution in [3.63, 3.8) is 0 Å². The van der Waals surface area contributed by atoms with Crippen molar-refractivity contribution in [3.05, 3.63) is 72.2 Å². The van der Waals surface area contributed by atoms with Gasteiger partial charge in [-0.1, -0.05) is 36.4 Å². The highest BCUT2D eigenvalue weighted by atomic mass is 16.5. The van der Waals surface area contributed by atoms with Crippen LogP contribution in [0.25, 0.3) is 11.3 Å². The number of aromatic nitrogens is 2. The van der Waals surface area contributed by atoms with Crippen LogP contribution in [0, 0.1) is 5.41 Å². The number of nitrogens with one attached hydrogen (secondary N) is 2. The Labute approximate surface area is 223 Å². The van der Waals surface area contributed by atoms with Crippen LogP contribution < -0.4 is 10.1 Å². The molecule has 0 spiro atoms. The van der Waals surface area contributed by atoms with Crippen molar-refractivity contribution in [3.8, 4) is 17.0 Å². The molecule has 1 saturated heterocycles. The molecule has 4 rings (SSSR count). The Hall–Kier alpha value is -3.98. The maximum absolute atomic E-state index is 12.9. The summed E-state index contributed by atoms with van der Waals surface area (Å²) < 4.78 is 7.32. The third-order valence-electron chi connectivity index (χ3n) is 6.77.